The van der Waals surface area contributed by atoms with E-state index in [1.807, 2.05) is 61.7 Å². The molecule has 134 valence electrons. The van der Waals surface area contributed by atoms with E-state index in [1.54, 1.807) is 0 Å². The van der Waals surface area contributed by atoms with E-state index in [2.05, 4.69) is 17.2 Å². The number of aromatic nitrogens is 1. The Morgan fingerprint density at radius 2 is 1.92 bits per heavy atom. The van der Waals surface area contributed by atoms with Gasteiger partial charge in [-0.2, -0.15) is 0 Å². The van der Waals surface area contributed by atoms with Crippen molar-refractivity contribution in [2.75, 3.05) is 11.9 Å². The van der Waals surface area contributed by atoms with Gasteiger partial charge in [-0.05, 0) is 56.2 Å². The van der Waals surface area contributed by atoms with Crippen molar-refractivity contribution in [2.45, 2.75) is 27.2 Å². The second-order valence-corrected chi connectivity index (χ2v) is 7.04. The number of nitrogens with one attached hydrogen (secondary N) is 1. The number of ether oxygens (including phenoxy) is 1. The van der Waals surface area contributed by atoms with Crippen LogP contribution in [-0.4, -0.2) is 17.5 Å². The maximum atomic E-state index is 12.5. The second-order valence-electron chi connectivity index (χ2n) is 6.18. The average molecular weight is 366 g/mol. The molecule has 1 amide bonds. The van der Waals surface area contributed by atoms with Crippen molar-refractivity contribution in [3.05, 3.63) is 64.5 Å². The summed E-state index contributed by atoms with van der Waals surface area (Å²) in [7, 11) is 0. The maximum absolute atomic E-state index is 12.5. The first-order chi connectivity index (χ1) is 12.6. The van der Waals surface area contributed by atoms with Gasteiger partial charge in [-0.25, -0.2) is 4.98 Å². The third kappa shape index (κ3) is 4.29. The first-order valence-electron chi connectivity index (χ1n) is 8.64. The zero-order valence-corrected chi connectivity index (χ0v) is 16.0. The summed E-state index contributed by atoms with van der Waals surface area (Å²) in [6.45, 7) is 6.75. The summed E-state index contributed by atoms with van der Waals surface area (Å²) in [5.41, 5.74) is 4.61. The molecule has 5 heteroatoms. The molecule has 3 rings (SSSR count). The van der Waals surface area contributed by atoms with E-state index in [9.17, 15) is 4.79 Å². The Labute approximate surface area is 157 Å². The molecule has 0 bridgehead atoms. The van der Waals surface area contributed by atoms with Crippen molar-refractivity contribution >= 4 is 22.4 Å². The molecule has 0 aliphatic rings. The lowest BCUT2D eigenvalue weighted by Gasteiger charge is -2.06. The number of amides is 1. The van der Waals surface area contributed by atoms with E-state index in [0.29, 0.717) is 17.3 Å². The molecule has 3 aromatic rings. The van der Waals surface area contributed by atoms with Crippen LogP contribution in [0, 0.1) is 13.8 Å². The van der Waals surface area contributed by atoms with Gasteiger partial charge in [-0.3, -0.25) is 10.1 Å². The number of carbonyl (C=O) groups is 1. The molecule has 0 fully saturated rings. The Hall–Kier alpha value is -2.66. The summed E-state index contributed by atoms with van der Waals surface area (Å²) in [5, 5.41) is 5.43. The number of carbonyl (C=O) groups excluding carboxylic acids is 1. The zero-order valence-electron chi connectivity index (χ0n) is 15.2. The summed E-state index contributed by atoms with van der Waals surface area (Å²) < 4.78 is 5.60. The van der Waals surface area contributed by atoms with Crippen LogP contribution in [0.15, 0.2) is 47.8 Å². The minimum Gasteiger partial charge on any atom is -0.494 e. The normalized spacial score (nSPS) is 10.6. The van der Waals surface area contributed by atoms with Crippen LogP contribution in [0.3, 0.4) is 0 Å². The van der Waals surface area contributed by atoms with E-state index in [4.69, 9.17) is 4.74 Å². The molecule has 0 saturated heterocycles. The standard InChI is InChI=1S/C21H22N2O2S/c1-4-11-25-17-8-6-16(7-9-17)19-13-26-21(22-19)23-20(24)18-10-5-14(2)12-15(18)3/h5-10,12-13H,4,11H2,1-3H3,(H,22,23,24). The fraction of sp³-hybridized carbons (Fsp3) is 0.238. The van der Waals surface area contributed by atoms with Crippen LogP contribution in [0.2, 0.25) is 0 Å². The molecule has 0 radical (unpaired) electrons. The molecule has 0 saturated carbocycles. The van der Waals surface area contributed by atoms with Gasteiger partial charge in [0.25, 0.3) is 5.91 Å². The largest absolute Gasteiger partial charge is 0.494 e. The Balaban J connectivity index is 1.70. The minimum absolute atomic E-state index is 0.133. The van der Waals surface area contributed by atoms with Gasteiger partial charge < -0.3 is 4.74 Å². The van der Waals surface area contributed by atoms with Gasteiger partial charge in [0, 0.05) is 16.5 Å². The first-order valence-corrected chi connectivity index (χ1v) is 9.52. The molecule has 26 heavy (non-hydrogen) atoms. The van der Waals surface area contributed by atoms with Crippen LogP contribution in [0.5, 0.6) is 5.75 Å². The second kappa shape index (κ2) is 8.15. The Kier molecular flexibility index (Phi) is 5.68. The number of benzene rings is 2. The topological polar surface area (TPSA) is 51.2 Å². The van der Waals surface area contributed by atoms with E-state index >= 15 is 0 Å². The summed E-state index contributed by atoms with van der Waals surface area (Å²) in [6, 6.07) is 13.6. The molecule has 1 aromatic heterocycles. The van der Waals surface area contributed by atoms with Gasteiger partial charge in [0.2, 0.25) is 0 Å². The molecule has 0 atom stereocenters. The van der Waals surface area contributed by atoms with Crippen LogP contribution in [0.1, 0.15) is 34.8 Å². The van der Waals surface area contributed by atoms with E-state index in [1.165, 1.54) is 11.3 Å². The summed E-state index contributed by atoms with van der Waals surface area (Å²) >= 11 is 1.42. The fourth-order valence-corrected chi connectivity index (χ4v) is 3.35. The number of thiazole rings is 1. The number of rotatable bonds is 6. The third-order valence-corrected chi connectivity index (χ3v) is 4.73. The lowest BCUT2D eigenvalue weighted by atomic mass is 10.1. The molecule has 1 N–H and O–H groups in total. The van der Waals surface area contributed by atoms with Crippen molar-refractivity contribution in [3.63, 3.8) is 0 Å². The van der Waals surface area contributed by atoms with Crippen LogP contribution in [0.4, 0.5) is 5.13 Å². The van der Waals surface area contributed by atoms with Gasteiger partial charge in [0.15, 0.2) is 5.13 Å². The van der Waals surface area contributed by atoms with Crippen molar-refractivity contribution in [2.24, 2.45) is 0 Å². The quantitative estimate of drug-likeness (QED) is 0.629. The number of hydrogen-bond donors (Lipinski definition) is 1. The van der Waals surface area contributed by atoms with Gasteiger partial charge >= 0.3 is 0 Å². The Bertz CT molecular complexity index is 901. The minimum atomic E-state index is -0.133. The lowest BCUT2D eigenvalue weighted by molar-refractivity contribution is 0.102. The molecule has 0 aliphatic heterocycles. The van der Waals surface area contributed by atoms with Crippen molar-refractivity contribution in [1.29, 1.82) is 0 Å². The number of anilines is 1. The van der Waals surface area contributed by atoms with Crippen molar-refractivity contribution < 1.29 is 9.53 Å². The highest BCUT2D eigenvalue weighted by atomic mass is 32.1. The predicted octanol–water partition coefficient (Wildman–Crippen LogP) is 5.47. The highest BCUT2D eigenvalue weighted by Gasteiger charge is 2.12. The Morgan fingerprint density at radius 1 is 1.15 bits per heavy atom. The van der Waals surface area contributed by atoms with Gasteiger partial charge in [-0.1, -0.05) is 24.6 Å². The molecule has 0 unspecified atom stereocenters. The van der Waals surface area contributed by atoms with Crippen LogP contribution in [0.25, 0.3) is 11.3 Å². The van der Waals surface area contributed by atoms with Crippen LogP contribution < -0.4 is 10.1 Å². The molecule has 2 aromatic carbocycles. The smallest absolute Gasteiger partial charge is 0.257 e. The van der Waals surface area contributed by atoms with Gasteiger partial charge in [0.1, 0.15) is 5.75 Å². The van der Waals surface area contributed by atoms with Crippen LogP contribution >= 0.6 is 11.3 Å². The van der Waals surface area contributed by atoms with Crippen LogP contribution in [-0.2, 0) is 0 Å². The van der Waals surface area contributed by atoms with E-state index in [-0.39, 0.29) is 5.91 Å². The lowest BCUT2D eigenvalue weighted by Crippen LogP contribution is -2.13. The molecule has 4 nitrogen and oxygen atoms in total. The monoisotopic (exact) mass is 366 g/mol. The van der Waals surface area contributed by atoms with E-state index < -0.39 is 0 Å². The summed E-state index contributed by atoms with van der Waals surface area (Å²) in [4.78, 5) is 17.0. The van der Waals surface area contributed by atoms with E-state index in [0.717, 1.165) is 34.6 Å². The molecular weight excluding hydrogens is 344 g/mol. The Morgan fingerprint density at radius 3 is 2.62 bits per heavy atom. The number of aryl methyl sites for hydroxylation is 2. The summed E-state index contributed by atoms with van der Waals surface area (Å²) in [5.74, 6) is 0.723. The maximum Gasteiger partial charge on any atom is 0.257 e. The fourth-order valence-electron chi connectivity index (χ4n) is 2.64. The summed E-state index contributed by atoms with van der Waals surface area (Å²) in [6.07, 6.45) is 0.983. The zero-order chi connectivity index (χ0) is 18.5. The predicted molar refractivity (Wildman–Crippen MR) is 107 cm³/mol. The van der Waals surface area contributed by atoms with Crippen molar-refractivity contribution in [1.82, 2.24) is 4.98 Å². The highest BCUT2D eigenvalue weighted by molar-refractivity contribution is 7.14. The average Bonchev–Trinajstić information content (AvgIpc) is 3.08. The highest BCUT2D eigenvalue weighted by Crippen LogP contribution is 2.27. The molecule has 0 aliphatic carbocycles. The molecular formula is C21H22N2O2S. The van der Waals surface area contributed by atoms with Crippen molar-refractivity contribution in [3.8, 4) is 17.0 Å². The molecule has 0 spiro atoms. The van der Waals surface area contributed by atoms with Gasteiger partial charge in [0.05, 0.1) is 12.3 Å². The first kappa shape index (κ1) is 18.1. The SMILES string of the molecule is CCCOc1ccc(-c2csc(NC(=O)c3ccc(C)cc3C)n2)cc1. The van der Waals surface area contributed by atoms with Gasteiger partial charge in [-0.15, -0.1) is 11.3 Å². The number of hydrogen-bond acceptors (Lipinski definition) is 4. The molecule has 1 heterocycles. The third-order valence-electron chi connectivity index (χ3n) is 3.97. The number of nitrogens with zero attached hydrogens (tertiary/aromatic N) is 1.